The standard InChI is InChI=1S/C18H26N2O3S/c21-17(5-1-3-16-4-2-14-24-16)19-8-6-15(7-9-19)18(22)20-10-12-23-13-11-20/h2,4,14-15H,1,3,5-13H2. The van der Waals surface area contributed by atoms with Crippen molar-refractivity contribution < 1.29 is 14.3 Å². The van der Waals surface area contributed by atoms with E-state index >= 15 is 0 Å². The molecule has 1 aromatic rings. The zero-order valence-electron chi connectivity index (χ0n) is 14.1. The van der Waals surface area contributed by atoms with Gasteiger partial charge < -0.3 is 14.5 Å². The minimum absolute atomic E-state index is 0.0817. The molecule has 2 amide bonds. The maximum atomic E-state index is 12.5. The number of hydrogen-bond acceptors (Lipinski definition) is 4. The van der Waals surface area contributed by atoms with Crippen LogP contribution < -0.4 is 0 Å². The fourth-order valence-corrected chi connectivity index (χ4v) is 4.20. The lowest BCUT2D eigenvalue weighted by atomic mass is 9.94. The zero-order chi connectivity index (χ0) is 16.8. The molecule has 0 unspecified atom stereocenters. The number of carbonyl (C=O) groups excluding carboxylic acids is 2. The van der Waals surface area contributed by atoms with Crippen LogP contribution in [-0.4, -0.2) is 61.0 Å². The summed E-state index contributed by atoms with van der Waals surface area (Å²) in [6.45, 7) is 4.15. The van der Waals surface area contributed by atoms with E-state index in [1.54, 1.807) is 11.3 Å². The molecule has 1 aromatic heterocycles. The van der Waals surface area contributed by atoms with Crippen LogP contribution in [0.3, 0.4) is 0 Å². The highest BCUT2D eigenvalue weighted by Gasteiger charge is 2.30. The second-order valence-electron chi connectivity index (χ2n) is 6.53. The minimum Gasteiger partial charge on any atom is -0.378 e. The largest absolute Gasteiger partial charge is 0.378 e. The summed E-state index contributed by atoms with van der Waals surface area (Å²) >= 11 is 1.75. The molecule has 0 radical (unpaired) electrons. The van der Waals surface area contributed by atoms with Crippen LogP contribution in [-0.2, 0) is 20.7 Å². The lowest BCUT2D eigenvalue weighted by Crippen LogP contribution is -2.47. The maximum absolute atomic E-state index is 12.5. The van der Waals surface area contributed by atoms with Crippen LogP contribution in [0.2, 0.25) is 0 Å². The molecule has 6 heteroatoms. The molecule has 0 N–H and O–H groups in total. The monoisotopic (exact) mass is 350 g/mol. The van der Waals surface area contributed by atoms with Gasteiger partial charge in [0.25, 0.3) is 0 Å². The number of nitrogens with zero attached hydrogens (tertiary/aromatic N) is 2. The van der Waals surface area contributed by atoms with Gasteiger partial charge in [-0.15, -0.1) is 11.3 Å². The Morgan fingerprint density at radius 3 is 2.54 bits per heavy atom. The van der Waals surface area contributed by atoms with E-state index in [0.717, 1.165) is 38.8 Å². The predicted molar refractivity (Wildman–Crippen MR) is 94.0 cm³/mol. The summed E-state index contributed by atoms with van der Waals surface area (Å²) in [6, 6.07) is 4.18. The third-order valence-electron chi connectivity index (χ3n) is 4.91. The van der Waals surface area contributed by atoms with Crippen LogP contribution in [0, 0.1) is 5.92 Å². The van der Waals surface area contributed by atoms with Crippen molar-refractivity contribution in [2.24, 2.45) is 5.92 Å². The molecule has 24 heavy (non-hydrogen) atoms. The van der Waals surface area contributed by atoms with Gasteiger partial charge in [0.2, 0.25) is 11.8 Å². The van der Waals surface area contributed by atoms with E-state index in [4.69, 9.17) is 4.74 Å². The summed E-state index contributed by atoms with van der Waals surface area (Å²) in [5.41, 5.74) is 0. The molecule has 0 spiro atoms. The average Bonchev–Trinajstić information content (AvgIpc) is 3.15. The van der Waals surface area contributed by atoms with Gasteiger partial charge in [0.05, 0.1) is 13.2 Å². The summed E-state index contributed by atoms with van der Waals surface area (Å²) in [5.74, 6) is 0.574. The first-order valence-corrected chi connectivity index (χ1v) is 9.78. The Bertz CT molecular complexity index is 532. The Morgan fingerprint density at radius 2 is 1.88 bits per heavy atom. The molecule has 2 saturated heterocycles. The summed E-state index contributed by atoms with van der Waals surface area (Å²) in [4.78, 5) is 30.0. The number of likely N-dealkylation sites (tertiary alicyclic amines) is 1. The summed E-state index contributed by atoms with van der Waals surface area (Å²) in [7, 11) is 0. The van der Waals surface area contributed by atoms with Gasteiger partial charge in [-0.2, -0.15) is 0 Å². The normalized spacial score (nSPS) is 19.5. The Balaban J connectivity index is 1.37. The molecule has 2 aliphatic heterocycles. The van der Waals surface area contributed by atoms with E-state index in [0.29, 0.717) is 32.7 Å². The van der Waals surface area contributed by atoms with E-state index in [2.05, 4.69) is 17.5 Å². The molecule has 0 saturated carbocycles. The first kappa shape index (κ1) is 17.4. The van der Waals surface area contributed by atoms with Crippen molar-refractivity contribution in [1.29, 1.82) is 0 Å². The molecule has 0 aliphatic carbocycles. The number of ether oxygens (including phenoxy) is 1. The predicted octanol–water partition coefficient (Wildman–Crippen LogP) is 2.17. The smallest absolute Gasteiger partial charge is 0.225 e. The Morgan fingerprint density at radius 1 is 1.12 bits per heavy atom. The second kappa shape index (κ2) is 8.62. The lowest BCUT2D eigenvalue weighted by Gasteiger charge is -2.35. The van der Waals surface area contributed by atoms with Gasteiger partial charge in [0, 0.05) is 43.4 Å². The highest BCUT2D eigenvalue weighted by molar-refractivity contribution is 7.09. The van der Waals surface area contributed by atoms with E-state index in [9.17, 15) is 9.59 Å². The van der Waals surface area contributed by atoms with Crippen LogP contribution in [0.25, 0.3) is 0 Å². The lowest BCUT2D eigenvalue weighted by molar-refractivity contribution is -0.143. The number of piperidine rings is 1. The number of aryl methyl sites for hydroxylation is 1. The highest BCUT2D eigenvalue weighted by atomic mass is 32.1. The molecule has 3 heterocycles. The van der Waals surface area contributed by atoms with E-state index in [1.807, 2.05) is 9.80 Å². The van der Waals surface area contributed by atoms with Crippen molar-refractivity contribution in [1.82, 2.24) is 9.80 Å². The molecule has 132 valence electrons. The van der Waals surface area contributed by atoms with Gasteiger partial charge in [0.1, 0.15) is 0 Å². The third-order valence-corrected chi connectivity index (χ3v) is 5.85. The van der Waals surface area contributed by atoms with Crippen LogP contribution in [0.5, 0.6) is 0 Å². The first-order valence-electron chi connectivity index (χ1n) is 8.91. The molecular formula is C18H26N2O3S. The van der Waals surface area contributed by atoms with E-state index in [1.165, 1.54) is 4.88 Å². The SMILES string of the molecule is O=C(CCCc1cccs1)N1CCC(C(=O)N2CCOCC2)CC1. The zero-order valence-corrected chi connectivity index (χ0v) is 14.9. The fourth-order valence-electron chi connectivity index (χ4n) is 3.44. The van der Waals surface area contributed by atoms with Gasteiger partial charge >= 0.3 is 0 Å². The van der Waals surface area contributed by atoms with Crippen LogP contribution >= 0.6 is 11.3 Å². The first-order chi connectivity index (χ1) is 11.7. The quantitative estimate of drug-likeness (QED) is 0.818. The van der Waals surface area contributed by atoms with Crippen molar-refractivity contribution in [2.75, 3.05) is 39.4 Å². The number of amides is 2. The summed E-state index contributed by atoms with van der Waals surface area (Å²) < 4.78 is 5.30. The van der Waals surface area contributed by atoms with Crippen molar-refractivity contribution in [3.05, 3.63) is 22.4 Å². The van der Waals surface area contributed by atoms with Gasteiger partial charge in [-0.05, 0) is 37.1 Å². The van der Waals surface area contributed by atoms with Crippen LogP contribution in [0.4, 0.5) is 0 Å². The maximum Gasteiger partial charge on any atom is 0.225 e. The average molecular weight is 350 g/mol. The van der Waals surface area contributed by atoms with E-state index < -0.39 is 0 Å². The Kier molecular flexibility index (Phi) is 6.26. The van der Waals surface area contributed by atoms with Gasteiger partial charge in [-0.25, -0.2) is 0 Å². The highest BCUT2D eigenvalue weighted by Crippen LogP contribution is 2.21. The molecule has 0 bridgehead atoms. The van der Waals surface area contributed by atoms with Gasteiger partial charge in [0.15, 0.2) is 0 Å². The Labute approximate surface area is 147 Å². The van der Waals surface area contributed by atoms with Crippen molar-refractivity contribution in [3.63, 3.8) is 0 Å². The summed E-state index contributed by atoms with van der Waals surface area (Å²) in [6.07, 6.45) is 4.10. The van der Waals surface area contributed by atoms with Crippen molar-refractivity contribution in [2.45, 2.75) is 32.1 Å². The number of thiophene rings is 1. The second-order valence-corrected chi connectivity index (χ2v) is 7.56. The van der Waals surface area contributed by atoms with Gasteiger partial charge in [-0.1, -0.05) is 6.07 Å². The molecular weight excluding hydrogens is 324 g/mol. The molecule has 3 rings (SSSR count). The molecule has 0 aromatic carbocycles. The number of rotatable bonds is 5. The molecule has 5 nitrogen and oxygen atoms in total. The number of hydrogen-bond donors (Lipinski definition) is 0. The molecule has 0 atom stereocenters. The van der Waals surface area contributed by atoms with Crippen LogP contribution in [0.15, 0.2) is 17.5 Å². The minimum atomic E-state index is 0.0817. The van der Waals surface area contributed by atoms with E-state index in [-0.39, 0.29) is 17.7 Å². The molecule has 2 aliphatic rings. The van der Waals surface area contributed by atoms with Crippen molar-refractivity contribution >= 4 is 23.2 Å². The third kappa shape index (κ3) is 4.57. The fraction of sp³-hybridized carbons (Fsp3) is 0.667. The van der Waals surface area contributed by atoms with Crippen LogP contribution in [0.1, 0.15) is 30.6 Å². The molecule has 2 fully saturated rings. The van der Waals surface area contributed by atoms with Gasteiger partial charge in [-0.3, -0.25) is 9.59 Å². The van der Waals surface area contributed by atoms with Crippen molar-refractivity contribution in [3.8, 4) is 0 Å². The number of carbonyl (C=O) groups is 2. The summed E-state index contributed by atoms with van der Waals surface area (Å²) in [5, 5.41) is 2.08. The number of morpholine rings is 1. The topological polar surface area (TPSA) is 49.9 Å². The Hall–Kier alpha value is -1.40.